The molecule has 1 N–H and O–H groups in total. The highest BCUT2D eigenvalue weighted by Crippen LogP contribution is 2.27. The first-order valence-corrected chi connectivity index (χ1v) is 10.8. The third-order valence-electron chi connectivity index (χ3n) is 4.68. The summed E-state index contributed by atoms with van der Waals surface area (Å²) in [6.45, 7) is 2.85. The van der Waals surface area contributed by atoms with Crippen molar-refractivity contribution in [3.8, 4) is 0 Å². The average Bonchev–Trinajstić information content (AvgIpc) is 2.74. The highest BCUT2D eigenvalue weighted by Gasteiger charge is 2.27. The molecule has 0 radical (unpaired) electrons. The summed E-state index contributed by atoms with van der Waals surface area (Å²) < 4.78 is 27.6. The fourth-order valence-corrected chi connectivity index (χ4v) is 4.53. The number of nitro groups is 1. The van der Waals surface area contributed by atoms with Gasteiger partial charge in [-0.3, -0.25) is 19.2 Å². The molecule has 0 aliphatic carbocycles. The van der Waals surface area contributed by atoms with Crippen LogP contribution in [-0.4, -0.2) is 25.8 Å². The number of rotatable bonds is 7. The van der Waals surface area contributed by atoms with Crippen molar-refractivity contribution in [3.05, 3.63) is 94.0 Å². The first-order valence-electron chi connectivity index (χ1n) is 9.38. The number of amides is 1. The van der Waals surface area contributed by atoms with Gasteiger partial charge < -0.3 is 5.32 Å². The van der Waals surface area contributed by atoms with Crippen LogP contribution in [0.4, 0.5) is 17.1 Å². The van der Waals surface area contributed by atoms with E-state index in [1.807, 2.05) is 13.0 Å². The van der Waals surface area contributed by atoms with E-state index in [1.165, 1.54) is 37.3 Å². The van der Waals surface area contributed by atoms with E-state index in [9.17, 15) is 23.3 Å². The van der Waals surface area contributed by atoms with Crippen LogP contribution in [0.15, 0.2) is 77.7 Å². The monoisotopic (exact) mass is 439 g/mol. The Morgan fingerprint density at radius 3 is 2.32 bits per heavy atom. The van der Waals surface area contributed by atoms with E-state index >= 15 is 0 Å². The van der Waals surface area contributed by atoms with Gasteiger partial charge >= 0.3 is 0 Å². The maximum atomic E-state index is 13.3. The molecular formula is C22H21N3O5S. The van der Waals surface area contributed by atoms with Gasteiger partial charge in [-0.25, -0.2) is 8.42 Å². The van der Waals surface area contributed by atoms with Gasteiger partial charge in [-0.2, -0.15) is 0 Å². The predicted octanol–water partition coefficient (Wildman–Crippen LogP) is 4.05. The molecule has 0 aliphatic heterocycles. The number of nitrogens with one attached hydrogen (secondary N) is 1. The van der Waals surface area contributed by atoms with Crippen LogP contribution in [0.1, 0.15) is 11.1 Å². The van der Waals surface area contributed by atoms with E-state index < -0.39 is 27.4 Å². The van der Waals surface area contributed by atoms with Crippen molar-refractivity contribution < 1.29 is 18.1 Å². The number of benzene rings is 3. The SMILES string of the molecule is Cc1cccc(N(CC(=O)Nc2cccc([N+](=O)[O-])c2C)S(=O)(=O)c2ccccc2)c1. The van der Waals surface area contributed by atoms with Crippen LogP contribution in [0.5, 0.6) is 0 Å². The number of sulfonamides is 1. The van der Waals surface area contributed by atoms with E-state index in [0.717, 1.165) is 9.87 Å². The largest absolute Gasteiger partial charge is 0.324 e. The Bertz CT molecular complexity index is 1230. The second-order valence-corrected chi connectivity index (χ2v) is 8.78. The Hall–Kier alpha value is -3.72. The van der Waals surface area contributed by atoms with Gasteiger partial charge in [-0.15, -0.1) is 0 Å². The second-order valence-electron chi connectivity index (χ2n) is 6.92. The number of nitrogens with zero attached hydrogens (tertiary/aromatic N) is 2. The smallest absolute Gasteiger partial charge is 0.274 e. The Balaban J connectivity index is 1.95. The predicted molar refractivity (Wildman–Crippen MR) is 119 cm³/mol. The van der Waals surface area contributed by atoms with Gasteiger partial charge in [0.05, 0.1) is 26.8 Å². The summed E-state index contributed by atoms with van der Waals surface area (Å²) in [5.74, 6) is -0.621. The zero-order chi connectivity index (χ0) is 22.6. The minimum Gasteiger partial charge on any atom is -0.324 e. The number of hydrogen-bond acceptors (Lipinski definition) is 5. The maximum absolute atomic E-state index is 13.3. The highest BCUT2D eigenvalue weighted by atomic mass is 32.2. The average molecular weight is 439 g/mol. The molecule has 160 valence electrons. The molecular weight excluding hydrogens is 418 g/mol. The molecule has 0 saturated carbocycles. The fourth-order valence-electron chi connectivity index (χ4n) is 3.09. The summed E-state index contributed by atoms with van der Waals surface area (Å²) in [6.07, 6.45) is 0. The first-order chi connectivity index (χ1) is 14.7. The first kappa shape index (κ1) is 22.0. The van der Waals surface area contributed by atoms with Crippen molar-refractivity contribution >= 4 is 33.0 Å². The zero-order valence-corrected chi connectivity index (χ0v) is 17.8. The quantitative estimate of drug-likeness (QED) is 0.441. The molecule has 0 aliphatic rings. The van der Waals surface area contributed by atoms with Crippen molar-refractivity contribution in [1.29, 1.82) is 0 Å². The summed E-state index contributed by atoms with van der Waals surface area (Å²) in [5, 5.41) is 13.7. The van der Waals surface area contributed by atoms with Gasteiger partial charge in [0.2, 0.25) is 5.91 Å². The van der Waals surface area contributed by atoms with Gasteiger partial charge in [0.1, 0.15) is 6.54 Å². The van der Waals surface area contributed by atoms with E-state index in [1.54, 1.807) is 36.4 Å². The Kier molecular flexibility index (Phi) is 6.36. The molecule has 3 rings (SSSR count). The van der Waals surface area contributed by atoms with Gasteiger partial charge in [0.15, 0.2) is 0 Å². The van der Waals surface area contributed by atoms with E-state index in [0.29, 0.717) is 5.69 Å². The van der Waals surface area contributed by atoms with Crippen LogP contribution in [-0.2, 0) is 14.8 Å². The molecule has 0 atom stereocenters. The number of hydrogen-bond donors (Lipinski definition) is 1. The number of nitro benzene ring substituents is 1. The summed E-state index contributed by atoms with van der Waals surface area (Å²) in [7, 11) is -4.03. The van der Waals surface area contributed by atoms with E-state index in [2.05, 4.69) is 5.32 Å². The van der Waals surface area contributed by atoms with Crippen molar-refractivity contribution in [2.45, 2.75) is 18.7 Å². The van der Waals surface area contributed by atoms with Crippen LogP contribution in [0.2, 0.25) is 0 Å². The third kappa shape index (κ3) is 4.89. The molecule has 0 fully saturated rings. The summed E-state index contributed by atoms with van der Waals surface area (Å²) in [4.78, 5) is 23.5. The minimum absolute atomic E-state index is 0.0517. The number of carbonyl (C=O) groups is 1. The Morgan fingerprint density at radius 1 is 1.00 bits per heavy atom. The molecule has 31 heavy (non-hydrogen) atoms. The molecule has 0 unspecified atom stereocenters. The van der Waals surface area contributed by atoms with Gasteiger partial charge in [-0.1, -0.05) is 36.4 Å². The highest BCUT2D eigenvalue weighted by molar-refractivity contribution is 7.92. The van der Waals surface area contributed by atoms with Crippen LogP contribution >= 0.6 is 0 Å². The molecule has 3 aromatic rings. The lowest BCUT2D eigenvalue weighted by atomic mass is 10.1. The van der Waals surface area contributed by atoms with Crippen molar-refractivity contribution in [2.24, 2.45) is 0 Å². The molecule has 9 heteroatoms. The minimum atomic E-state index is -4.03. The van der Waals surface area contributed by atoms with E-state index in [4.69, 9.17) is 0 Å². The summed E-state index contributed by atoms with van der Waals surface area (Å²) >= 11 is 0. The number of aryl methyl sites for hydroxylation is 1. The van der Waals surface area contributed by atoms with Crippen molar-refractivity contribution in [2.75, 3.05) is 16.2 Å². The lowest BCUT2D eigenvalue weighted by Gasteiger charge is -2.24. The molecule has 0 bridgehead atoms. The lowest BCUT2D eigenvalue weighted by Crippen LogP contribution is -2.38. The van der Waals surface area contributed by atoms with Gasteiger partial charge in [0.25, 0.3) is 15.7 Å². The lowest BCUT2D eigenvalue weighted by molar-refractivity contribution is -0.385. The Labute approximate surface area is 180 Å². The molecule has 0 spiro atoms. The van der Waals surface area contributed by atoms with Crippen LogP contribution in [0, 0.1) is 24.0 Å². The third-order valence-corrected chi connectivity index (χ3v) is 6.47. The van der Waals surface area contributed by atoms with Crippen molar-refractivity contribution in [1.82, 2.24) is 0 Å². The van der Waals surface area contributed by atoms with E-state index in [-0.39, 0.29) is 21.8 Å². The fraction of sp³-hybridized carbons (Fsp3) is 0.136. The second kappa shape index (κ2) is 8.97. The van der Waals surface area contributed by atoms with Crippen LogP contribution < -0.4 is 9.62 Å². The van der Waals surface area contributed by atoms with Gasteiger partial charge in [0, 0.05) is 6.07 Å². The maximum Gasteiger partial charge on any atom is 0.274 e. The van der Waals surface area contributed by atoms with Gasteiger partial charge in [-0.05, 0) is 49.7 Å². The summed E-state index contributed by atoms with van der Waals surface area (Å²) in [6, 6.07) is 19.0. The molecule has 3 aromatic carbocycles. The molecule has 1 amide bonds. The number of carbonyl (C=O) groups excluding carboxylic acids is 1. The normalized spacial score (nSPS) is 11.0. The Morgan fingerprint density at radius 2 is 1.68 bits per heavy atom. The van der Waals surface area contributed by atoms with Crippen LogP contribution in [0.25, 0.3) is 0 Å². The standard InChI is InChI=1S/C22H21N3O5S/c1-16-8-6-9-18(14-16)24(31(29,30)19-10-4-3-5-11-19)15-22(26)23-20-12-7-13-21(17(20)2)25(27)28/h3-14H,15H2,1-2H3,(H,23,26). The molecule has 0 saturated heterocycles. The number of anilines is 2. The molecule has 0 heterocycles. The van der Waals surface area contributed by atoms with Crippen LogP contribution in [0.3, 0.4) is 0 Å². The zero-order valence-electron chi connectivity index (χ0n) is 17.0. The van der Waals surface area contributed by atoms with Crippen molar-refractivity contribution in [3.63, 3.8) is 0 Å². The molecule has 8 nitrogen and oxygen atoms in total. The molecule has 0 aromatic heterocycles. The summed E-state index contributed by atoms with van der Waals surface area (Å²) in [5.41, 5.74) is 1.58. The topological polar surface area (TPSA) is 110 Å².